The van der Waals surface area contributed by atoms with Crippen molar-refractivity contribution >= 4 is 18.1 Å². The molecule has 2 heterocycles. The number of hydrogen-bond donors (Lipinski definition) is 0. The van der Waals surface area contributed by atoms with Crippen LogP contribution < -0.4 is 14.4 Å². The molecule has 5 rings (SSSR count). The third kappa shape index (κ3) is 6.09. The Morgan fingerprint density at radius 3 is 2.24 bits per heavy atom. The number of aromatic nitrogens is 4. The SMILES string of the molecule is COc1ccc(CCn2nnnc2C(c2ccc(C)cc2)N2CCN(c3ccccc3)CC2)cc1OC.Cl. The lowest BCUT2D eigenvalue weighted by atomic mass is 10.0. The molecule has 1 aromatic heterocycles. The highest BCUT2D eigenvalue weighted by Crippen LogP contribution is 2.30. The first-order chi connectivity index (χ1) is 18.2. The number of methoxy groups -OCH3 is 2. The molecule has 1 aliphatic rings. The normalized spacial score (nSPS) is 14.6. The Hall–Kier alpha value is -3.62. The van der Waals surface area contributed by atoms with Crippen molar-refractivity contribution in [2.24, 2.45) is 0 Å². The van der Waals surface area contributed by atoms with Crippen molar-refractivity contribution in [2.45, 2.75) is 25.9 Å². The van der Waals surface area contributed by atoms with Crippen LogP contribution in [0.3, 0.4) is 0 Å². The molecule has 0 bridgehead atoms. The maximum atomic E-state index is 5.48. The van der Waals surface area contributed by atoms with Crippen LogP contribution in [0, 0.1) is 6.92 Å². The van der Waals surface area contributed by atoms with Gasteiger partial charge in [-0.3, -0.25) is 4.90 Å². The second kappa shape index (κ2) is 12.8. The summed E-state index contributed by atoms with van der Waals surface area (Å²) in [4.78, 5) is 4.95. The Kier molecular flexibility index (Phi) is 9.20. The van der Waals surface area contributed by atoms with Crippen molar-refractivity contribution in [1.29, 1.82) is 0 Å². The molecule has 9 heteroatoms. The van der Waals surface area contributed by atoms with Gasteiger partial charge in [0.1, 0.15) is 0 Å². The molecule has 8 nitrogen and oxygen atoms in total. The van der Waals surface area contributed by atoms with E-state index in [0.717, 1.165) is 55.5 Å². The van der Waals surface area contributed by atoms with Crippen LogP contribution in [-0.2, 0) is 13.0 Å². The van der Waals surface area contributed by atoms with Crippen molar-refractivity contribution < 1.29 is 9.47 Å². The third-order valence-corrected chi connectivity index (χ3v) is 7.06. The molecule has 0 amide bonds. The molecule has 0 spiro atoms. The average molecular weight is 535 g/mol. The first kappa shape index (κ1) is 27.4. The van der Waals surface area contributed by atoms with E-state index in [2.05, 4.69) is 92.9 Å². The van der Waals surface area contributed by atoms with Gasteiger partial charge in [0.25, 0.3) is 0 Å². The Labute approximate surface area is 230 Å². The zero-order valence-corrected chi connectivity index (χ0v) is 23.0. The zero-order valence-electron chi connectivity index (χ0n) is 22.2. The van der Waals surface area contributed by atoms with Crippen molar-refractivity contribution in [2.75, 3.05) is 45.3 Å². The van der Waals surface area contributed by atoms with Crippen LogP contribution in [0.4, 0.5) is 5.69 Å². The third-order valence-electron chi connectivity index (χ3n) is 7.06. The van der Waals surface area contributed by atoms with Gasteiger partial charge in [-0.1, -0.05) is 54.1 Å². The molecular weight excluding hydrogens is 500 g/mol. The van der Waals surface area contributed by atoms with Crippen LogP contribution in [0.25, 0.3) is 0 Å². The lowest BCUT2D eigenvalue weighted by Gasteiger charge is -2.40. The van der Waals surface area contributed by atoms with Gasteiger partial charge in [0.2, 0.25) is 0 Å². The van der Waals surface area contributed by atoms with E-state index < -0.39 is 0 Å². The topological polar surface area (TPSA) is 68.5 Å². The van der Waals surface area contributed by atoms with E-state index >= 15 is 0 Å². The lowest BCUT2D eigenvalue weighted by Crippen LogP contribution is -2.48. The molecule has 1 saturated heterocycles. The number of aryl methyl sites for hydroxylation is 3. The smallest absolute Gasteiger partial charge is 0.173 e. The van der Waals surface area contributed by atoms with E-state index in [-0.39, 0.29) is 18.4 Å². The summed E-state index contributed by atoms with van der Waals surface area (Å²) < 4.78 is 12.8. The average Bonchev–Trinajstić information content (AvgIpc) is 3.41. The van der Waals surface area contributed by atoms with E-state index in [1.54, 1.807) is 14.2 Å². The fourth-order valence-electron chi connectivity index (χ4n) is 4.99. The number of piperazine rings is 1. The highest BCUT2D eigenvalue weighted by molar-refractivity contribution is 5.85. The summed E-state index contributed by atoms with van der Waals surface area (Å²) in [6.45, 7) is 6.56. The van der Waals surface area contributed by atoms with E-state index in [1.807, 2.05) is 16.8 Å². The van der Waals surface area contributed by atoms with Gasteiger partial charge < -0.3 is 14.4 Å². The predicted molar refractivity (Wildman–Crippen MR) is 152 cm³/mol. The zero-order chi connectivity index (χ0) is 25.6. The van der Waals surface area contributed by atoms with E-state index in [4.69, 9.17) is 9.47 Å². The van der Waals surface area contributed by atoms with Crippen molar-refractivity contribution in [3.05, 3.63) is 95.3 Å². The van der Waals surface area contributed by atoms with Crippen molar-refractivity contribution in [1.82, 2.24) is 25.1 Å². The van der Waals surface area contributed by atoms with Gasteiger partial charge in [-0.2, -0.15) is 0 Å². The fraction of sp³-hybridized carbons (Fsp3) is 0.345. The number of rotatable bonds is 9. The molecule has 0 radical (unpaired) electrons. The van der Waals surface area contributed by atoms with Gasteiger partial charge in [0.15, 0.2) is 17.3 Å². The highest BCUT2D eigenvalue weighted by atomic mass is 35.5. The molecule has 4 aromatic rings. The summed E-state index contributed by atoms with van der Waals surface area (Å²) in [5.74, 6) is 2.33. The van der Waals surface area contributed by atoms with Crippen LogP contribution in [-0.4, -0.2) is 65.5 Å². The van der Waals surface area contributed by atoms with Gasteiger partial charge in [-0.25, -0.2) is 4.68 Å². The summed E-state index contributed by atoms with van der Waals surface area (Å²) >= 11 is 0. The Balaban J connectivity index is 0.00000336. The second-order valence-corrected chi connectivity index (χ2v) is 9.37. The number of hydrogen-bond acceptors (Lipinski definition) is 7. The second-order valence-electron chi connectivity index (χ2n) is 9.37. The standard InChI is InChI=1S/C29H34N6O2.ClH/c1-22-9-12-24(13-10-22)28(34-19-17-33(18-20-34)25-7-5-4-6-8-25)29-30-31-32-35(29)16-15-23-11-14-26(36-2)27(21-23)37-3;/h4-14,21,28H,15-20H2,1-3H3;1H. The predicted octanol–water partition coefficient (Wildman–Crippen LogP) is 4.57. The van der Waals surface area contributed by atoms with Crippen LogP contribution in [0.2, 0.25) is 0 Å². The Morgan fingerprint density at radius 2 is 1.55 bits per heavy atom. The monoisotopic (exact) mass is 534 g/mol. The summed E-state index contributed by atoms with van der Waals surface area (Å²) in [6.07, 6.45) is 0.779. The molecule has 1 unspecified atom stereocenters. The lowest BCUT2D eigenvalue weighted by molar-refractivity contribution is 0.200. The minimum Gasteiger partial charge on any atom is -0.493 e. The van der Waals surface area contributed by atoms with Gasteiger partial charge in [0.05, 0.1) is 20.3 Å². The molecule has 1 atom stereocenters. The molecule has 200 valence electrons. The summed E-state index contributed by atoms with van der Waals surface area (Å²) in [7, 11) is 3.31. The number of benzene rings is 3. The van der Waals surface area contributed by atoms with E-state index in [9.17, 15) is 0 Å². The number of halogens is 1. The van der Waals surface area contributed by atoms with Gasteiger partial charge in [-0.05, 0) is 59.2 Å². The largest absolute Gasteiger partial charge is 0.493 e. The molecule has 0 N–H and O–H groups in total. The quantitative estimate of drug-likeness (QED) is 0.311. The molecule has 0 aliphatic carbocycles. The highest BCUT2D eigenvalue weighted by Gasteiger charge is 2.30. The van der Waals surface area contributed by atoms with Gasteiger partial charge >= 0.3 is 0 Å². The van der Waals surface area contributed by atoms with E-state index in [0.29, 0.717) is 6.54 Å². The number of nitrogens with zero attached hydrogens (tertiary/aromatic N) is 6. The minimum absolute atomic E-state index is 0. The van der Waals surface area contributed by atoms with Crippen LogP contribution >= 0.6 is 12.4 Å². The molecule has 3 aromatic carbocycles. The van der Waals surface area contributed by atoms with Crippen LogP contribution in [0.1, 0.15) is 28.6 Å². The number of tetrazole rings is 1. The van der Waals surface area contributed by atoms with Crippen molar-refractivity contribution in [3.63, 3.8) is 0 Å². The molecule has 1 aliphatic heterocycles. The number of para-hydroxylation sites is 1. The maximum Gasteiger partial charge on any atom is 0.173 e. The number of ether oxygens (including phenoxy) is 2. The first-order valence-corrected chi connectivity index (χ1v) is 12.7. The molecule has 0 saturated carbocycles. The summed E-state index contributed by atoms with van der Waals surface area (Å²) in [5.41, 5.74) is 4.86. The van der Waals surface area contributed by atoms with Crippen molar-refractivity contribution in [3.8, 4) is 11.5 Å². The Bertz CT molecular complexity index is 1290. The van der Waals surface area contributed by atoms with Gasteiger partial charge in [0, 0.05) is 38.4 Å². The van der Waals surface area contributed by atoms with Crippen LogP contribution in [0.5, 0.6) is 11.5 Å². The van der Waals surface area contributed by atoms with Crippen LogP contribution in [0.15, 0.2) is 72.8 Å². The van der Waals surface area contributed by atoms with E-state index in [1.165, 1.54) is 16.8 Å². The van der Waals surface area contributed by atoms with Gasteiger partial charge in [-0.15, -0.1) is 17.5 Å². The summed E-state index contributed by atoms with van der Waals surface area (Å²) in [6, 6.07) is 25.4. The molecule has 1 fully saturated rings. The molecule has 38 heavy (non-hydrogen) atoms. The summed E-state index contributed by atoms with van der Waals surface area (Å²) in [5, 5.41) is 13.0. The number of anilines is 1. The Morgan fingerprint density at radius 1 is 0.842 bits per heavy atom. The minimum atomic E-state index is -0.0149. The fourth-order valence-corrected chi connectivity index (χ4v) is 4.99. The molecular formula is C29H35ClN6O2. The maximum absolute atomic E-state index is 5.48. The first-order valence-electron chi connectivity index (χ1n) is 12.7.